The van der Waals surface area contributed by atoms with Gasteiger partial charge < -0.3 is 14.2 Å². The van der Waals surface area contributed by atoms with Crippen LogP contribution in [0.25, 0.3) is 0 Å². The highest BCUT2D eigenvalue weighted by Gasteiger charge is 2.08. The second-order valence-electron chi connectivity index (χ2n) is 4.76. The molecule has 0 aliphatic carbocycles. The van der Waals surface area contributed by atoms with E-state index in [1.165, 1.54) is 7.11 Å². The molecular formula is C18H16O5. The normalized spacial score (nSPS) is 9.83. The molecule has 118 valence electrons. The highest BCUT2D eigenvalue weighted by molar-refractivity contribution is 5.89. The van der Waals surface area contributed by atoms with Crippen molar-refractivity contribution in [1.29, 1.82) is 0 Å². The molecule has 23 heavy (non-hydrogen) atoms. The summed E-state index contributed by atoms with van der Waals surface area (Å²) in [5.74, 6) is 0.500. The Morgan fingerprint density at radius 1 is 0.957 bits per heavy atom. The summed E-state index contributed by atoms with van der Waals surface area (Å²) in [5, 5.41) is 0. The summed E-state index contributed by atoms with van der Waals surface area (Å²) in [4.78, 5) is 22.9. The quantitative estimate of drug-likeness (QED) is 0.478. The lowest BCUT2D eigenvalue weighted by Gasteiger charge is -2.08. The van der Waals surface area contributed by atoms with Gasteiger partial charge in [0, 0.05) is 11.6 Å². The predicted molar refractivity (Wildman–Crippen MR) is 84.7 cm³/mol. The summed E-state index contributed by atoms with van der Waals surface area (Å²) in [5.41, 5.74) is 0.749. The van der Waals surface area contributed by atoms with E-state index in [0.717, 1.165) is 0 Å². The third kappa shape index (κ3) is 4.44. The molecule has 5 nitrogen and oxygen atoms in total. The van der Waals surface area contributed by atoms with Crippen LogP contribution in [0.4, 0.5) is 0 Å². The molecule has 5 heteroatoms. The lowest BCUT2D eigenvalue weighted by molar-refractivity contribution is -0.130. The van der Waals surface area contributed by atoms with Crippen molar-refractivity contribution in [2.75, 3.05) is 7.11 Å². The van der Waals surface area contributed by atoms with Crippen molar-refractivity contribution >= 4 is 11.9 Å². The summed E-state index contributed by atoms with van der Waals surface area (Å²) >= 11 is 0. The molecule has 0 unspecified atom stereocenters. The van der Waals surface area contributed by atoms with E-state index in [9.17, 15) is 9.59 Å². The molecule has 0 atom stereocenters. The molecule has 0 saturated heterocycles. The van der Waals surface area contributed by atoms with Crippen molar-refractivity contribution in [2.45, 2.75) is 6.92 Å². The van der Waals surface area contributed by atoms with Crippen LogP contribution in [-0.2, 0) is 9.53 Å². The Kier molecular flexibility index (Phi) is 5.15. The molecule has 0 radical (unpaired) electrons. The van der Waals surface area contributed by atoms with Crippen molar-refractivity contribution in [3.8, 4) is 17.2 Å². The maximum Gasteiger partial charge on any atom is 0.338 e. The number of esters is 2. The molecule has 2 aromatic rings. The first-order valence-electron chi connectivity index (χ1n) is 6.83. The fraction of sp³-hybridized carbons (Fsp3) is 0.111. The first-order chi connectivity index (χ1) is 11.0. The number of carbonyl (C=O) groups excluding carboxylic acids is 2. The zero-order valence-corrected chi connectivity index (χ0v) is 12.9. The molecule has 0 aromatic heterocycles. The Bertz CT molecular complexity index is 731. The van der Waals surface area contributed by atoms with E-state index in [2.05, 4.69) is 11.3 Å². The highest BCUT2D eigenvalue weighted by Crippen LogP contribution is 2.26. The minimum absolute atomic E-state index is 0.315. The Morgan fingerprint density at radius 3 is 2.22 bits per heavy atom. The van der Waals surface area contributed by atoms with Gasteiger partial charge in [-0.3, -0.25) is 0 Å². The van der Waals surface area contributed by atoms with Gasteiger partial charge in [-0.15, -0.1) is 0 Å². The summed E-state index contributed by atoms with van der Waals surface area (Å²) in [6.07, 6.45) is 0. The number of hydrogen-bond acceptors (Lipinski definition) is 5. The van der Waals surface area contributed by atoms with Crippen molar-refractivity contribution in [2.24, 2.45) is 0 Å². The summed E-state index contributed by atoms with van der Waals surface area (Å²) in [6.45, 7) is 5.10. The average Bonchev–Trinajstić information content (AvgIpc) is 2.55. The van der Waals surface area contributed by atoms with E-state index in [0.29, 0.717) is 28.4 Å². The van der Waals surface area contributed by atoms with Crippen LogP contribution < -0.4 is 9.47 Å². The molecule has 0 aliphatic heterocycles. The third-order valence-corrected chi connectivity index (χ3v) is 2.88. The van der Waals surface area contributed by atoms with Crippen LogP contribution in [0.2, 0.25) is 0 Å². The van der Waals surface area contributed by atoms with Gasteiger partial charge in [-0.1, -0.05) is 12.6 Å². The van der Waals surface area contributed by atoms with Gasteiger partial charge in [0.05, 0.1) is 12.7 Å². The second kappa shape index (κ2) is 7.26. The maximum absolute atomic E-state index is 11.5. The maximum atomic E-state index is 11.5. The lowest BCUT2D eigenvalue weighted by Crippen LogP contribution is -2.08. The van der Waals surface area contributed by atoms with E-state index < -0.39 is 11.9 Å². The average molecular weight is 312 g/mol. The number of carbonyl (C=O) groups is 2. The van der Waals surface area contributed by atoms with Gasteiger partial charge in [0.15, 0.2) is 0 Å². The molecular weight excluding hydrogens is 296 g/mol. The van der Waals surface area contributed by atoms with Crippen molar-refractivity contribution in [3.05, 3.63) is 66.2 Å². The van der Waals surface area contributed by atoms with Crippen LogP contribution in [0, 0.1) is 0 Å². The fourth-order valence-electron chi connectivity index (χ4n) is 1.71. The summed E-state index contributed by atoms with van der Waals surface area (Å²) < 4.78 is 15.4. The lowest BCUT2D eigenvalue weighted by atomic mass is 10.2. The van der Waals surface area contributed by atoms with Gasteiger partial charge in [-0.2, -0.15) is 0 Å². The molecule has 2 rings (SSSR count). The van der Waals surface area contributed by atoms with E-state index in [1.54, 1.807) is 55.5 Å². The molecule has 0 aliphatic rings. The first-order valence-corrected chi connectivity index (χ1v) is 6.83. The highest BCUT2D eigenvalue weighted by atomic mass is 16.5. The van der Waals surface area contributed by atoms with Crippen molar-refractivity contribution in [3.63, 3.8) is 0 Å². The SMILES string of the molecule is C=C(C)C(=O)Oc1cccc(Oc2ccc(C(=O)OC)cc2)c1. The molecule has 0 spiro atoms. The Morgan fingerprint density at radius 2 is 1.61 bits per heavy atom. The molecule has 0 fully saturated rings. The van der Waals surface area contributed by atoms with Crippen LogP contribution in [0.5, 0.6) is 17.2 Å². The Hall–Kier alpha value is -3.08. The van der Waals surface area contributed by atoms with Gasteiger partial charge in [-0.25, -0.2) is 9.59 Å². The van der Waals surface area contributed by atoms with Gasteiger partial charge in [0.25, 0.3) is 0 Å². The van der Waals surface area contributed by atoms with E-state index in [4.69, 9.17) is 9.47 Å². The van der Waals surface area contributed by atoms with Crippen LogP contribution in [0.15, 0.2) is 60.7 Å². The van der Waals surface area contributed by atoms with E-state index in [1.807, 2.05) is 0 Å². The third-order valence-electron chi connectivity index (χ3n) is 2.88. The van der Waals surface area contributed by atoms with Crippen molar-refractivity contribution < 1.29 is 23.8 Å². The second-order valence-corrected chi connectivity index (χ2v) is 4.76. The monoisotopic (exact) mass is 312 g/mol. The molecule has 2 aromatic carbocycles. The van der Waals surface area contributed by atoms with Crippen LogP contribution in [0.1, 0.15) is 17.3 Å². The van der Waals surface area contributed by atoms with Gasteiger partial charge in [-0.05, 0) is 43.3 Å². The van der Waals surface area contributed by atoms with Crippen LogP contribution in [-0.4, -0.2) is 19.0 Å². The smallest absolute Gasteiger partial charge is 0.338 e. The fourth-order valence-corrected chi connectivity index (χ4v) is 1.71. The Labute approximate surface area is 134 Å². The summed E-state index contributed by atoms with van der Waals surface area (Å²) in [6, 6.07) is 13.2. The van der Waals surface area contributed by atoms with Crippen molar-refractivity contribution in [1.82, 2.24) is 0 Å². The van der Waals surface area contributed by atoms with Crippen LogP contribution in [0.3, 0.4) is 0 Å². The molecule has 0 N–H and O–H groups in total. The molecule has 0 saturated carbocycles. The first kappa shape index (κ1) is 16.3. The Balaban J connectivity index is 2.09. The zero-order valence-electron chi connectivity index (χ0n) is 12.9. The van der Waals surface area contributed by atoms with Crippen LogP contribution >= 0.6 is 0 Å². The number of hydrogen-bond donors (Lipinski definition) is 0. The summed E-state index contributed by atoms with van der Waals surface area (Å²) in [7, 11) is 1.32. The van der Waals surface area contributed by atoms with Gasteiger partial charge in [0.1, 0.15) is 17.2 Å². The standard InChI is InChI=1S/C18H16O5/c1-12(2)17(19)23-16-6-4-5-15(11-16)22-14-9-7-13(8-10-14)18(20)21-3/h4-11H,1H2,2-3H3. The van der Waals surface area contributed by atoms with Gasteiger partial charge >= 0.3 is 11.9 Å². The molecule has 0 heterocycles. The number of ether oxygens (including phenoxy) is 3. The largest absolute Gasteiger partial charge is 0.465 e. The van der Waals surface area contributed by atoms with Gasteiger partial charge in [0.2, 0.25) is 0 Å². The molecule has 0 amide bonds. The van der Waals surface area contributed by atoms with E-state index >= 15 is 0 Å². The topological polar surface area (TPSA) is 61.8 Å². The minimum atomic E-state index is -0.496. The number of rotatable bonds is 5. The predicted octanol–water partition coefficient (Wildman–Crippen LogP) is 3.75. The minimum Gasteiger partial charge on any atom is -0.465 e. The molecule has 0 bridgehead atoms. The van der Waals surface area contributed by atoms with E-state index in [-0.39, 0.29) is 0 Å². The number of benzene rings is 2. The zero-order chi connectivity index (χ0) is 16.8. The number of methoxy groups -OCH3 is 1.